The van der Waals surface area contributed by atoms with Crippen LogP contribution in [0.2, 0.25) is 0 Å². The number of thiol groups is 1. The van der Waals surface area contributed by atoms with E-state index >= 15 is 0 Å². The molecule has 0 unspecified atom stereocenters. The molecule has 0 aliphatic rings. The molecule has 0 bridgehead atoms. The maximum absolute atomic E-state index is 9.66. The lowest BCUT2D eigenvalue weighted by atomic mass is 10.1. The van der Waals surface area contributed by atoms with Gasteiger partial charge in [0.05, 0.1) is 6.61 Å². The van der Waals surface area contributed by atoms with E-state index in [1.807, 2.05) is 0 Å². The fraction of sp³-hybridized carbons (Fsp3) is 0.692. The molecule has 0 heterocycles. The van der Waals surface area contributed by atoms with Gasteiger partial charge < -0.3 is 15.2 Å². The summed E-state index contributed by atoms with van der Waals surface area (Å²) in [7, 11) is 1.80. The Morgan fingerprint density at radius 3 is 2.59 bits per heavy atom. The standard InChI is InChI=1S/C13H25NO2S/c1-10(2)5-6-11(3)8-16-13(15)7-12(9-17)14-4/h5,9,11,13-15,17H,6-8H2,1-4H3/b12-9-/t11-,13-/m0/s1. The molecule has 0 aromatic rings. The van der Waals surface area contributed by atoms with Crippen LogP contribution >= 0.6 is 12.6 Å². The minimum Gasteiger partial charge on any atom is -0.391 e. The average molecular weight is 259 g/mol. The highest BCUT2D eigenvalue weighted by molar-refractivity contribution is 7.83. The quantitative estimate of drug-likeness (QED) is 0.357. The first-order chi connectivity index (χ1) is 7.99. The van der Waals surface area contributed by atoms with Crippen molar-refractivity contribution in [2.45, 2.75) is 39.9 Å². The van der Waals surface area contributed by atoms with Gasteiger partial charge in [0.25, 0.3) is 0 Å². The molecule has 17 heavy (non-hydrogen) atoms. The van der Waals surface area contributed by atoms with Crippen LogP contribution in [0.1, 0.15) is 33.6 Å². The number of hydrogen-bond donors (Lipinski definition) is 3. The fourth-order valence-corrected chi connectivity index (χ4v) is 1.48. The molecule has 100 valence electrons. The van der Waals surface area contributed by atoms with E-state index in [0.29, 0.717) is 18.9 Å². The first-order valence-corrected chi connectivity index (χ1v) is 6.45. The summed E-state index contributed by atoms with van der Waals surface area (Å²) in [5.74, 6) is 0.414. The number of aliphatic hydroxyl groups excluding tert-OH is 1. The summed E-state index contributed by atoms with van der Waals surface area (Å²) in [5.41, 5.74) is 2.17. The first kappa shape index (κ1) is 16.6. The summed E-state index contributed by atoms with van der Waals surface area (Å²) >= 11 is 4.04. The van der Waals surface area contributed by atoms with Gasteiger partial charge in [0, 0.05) is 19.2 Å². The lowest BCUT2D eigenvalue weighted by Crippen LogP contribution is -2.20. The Morgan fingerprint density at radius 2 is 2.12 bits per heavy atom. The van der Waals surface area contributed by atoms with Gasteiger partial charge in [-0.2, -0.15) is 0 Å². The molecule has 0 aromatic heterocycles. The third-order valence-corrected chi connectivity index (χ3v) is 2.68. The zero-order valence-electron chi connectivity index (χ0n) is 11.2. The van der Waals surface area contributed by atoms with Crippen LogP contribution in [0, 0.1) is 5.92 Å². The Balaban J connectivity index is 3.83. The van der Waals surface area contributed by atoms with Crippen LogP contribution < -0.4 is 5.32 Å². The van der Waals surface area contributed by atoms with Gasteiger partial charge in [-0.25, -0.2) is 0 Å². The van der Waals surface area contributed by atoms with E-state index in [0.717, 1.165) is 12.1 Å². The molecule has 0 radical (unpaired) electrons. The van der Waals surface area contributed by atoms with Crippen molar-refractivity contribution >= 4 is 12.6 Å². The average Bonchev–Trinajstić information content (AvgIpc) is 2.30. The second-order valence-electron chi connectivity index (χ2n) is 4.52. The van der Waals surface area contributed by atoms with Crippen molar-refractivity contribution in [3.05, 3.63) is 22.8 Å². The van der Waals surface area contributed by atoms with Crippen LogP contribution in [0.3, 0.4) is 0 Å². The van der Waals surface area contributed by atoms with Crippen molar-refractivity contribution in [2.75, 3.05) is 13.7 Å². The molecular formula is C13H25NO2S. The lowest BCUT2D eigenvalue weighted by Gasteiger charge is -2.16. The van der Waals surface area contributed by atoms with Crippen LogP contribution in [0.15, 0.2) is 22.8 Å². The highest BCUT2D eigenvalue weighted by atomic mass is 32.1. The molecule has 0 saturated heterocycles. The molecular weight excluding hydrogens is 234 g/mol. The summed E-state index contributed by atoms with van der Waals surface area (Å²) in [6, 6.07) is 0. The molecule has 0 aliphatic carbocycles. The molecule has 2 N–H and O–H groups in total. The highest BCUT2D eigenvalue weighted by Gasteiger charge is 2.09. The Bertz CT molecular complexity index is 260. The van der Waals surface area contributed by atoms with Crippen LogP contribution in [-0.2, 0) is 4.74 Å². The summed E-state index contributed by atoms with van der Waals surface area (Å²) in [5, 5.41) is 14.2. The van der Waals surface area contributed by atoms with Gasteiger partial charge in [-0.1, -0.05) is 18.6 Å². The van der Waals surface area contributed by atoms with Crippen LogP contribution in [0.25, 0.3) is 0 Å². The van der Waals surface area contributed by atoms with E-state index < -0.39 is 6.29 Å². The van der Waals surface area contributed by atoms with Crippen molar-refractivity contribution in [1.29, 1.82) is 0 Å². The summed E-state index contributed by atoms with van der Waals surface area (Å²) < 4.78 is 5.38. The van der Waals surface area contributed by atoms with Crippen LogP contribution in [0.5, 0.6) is 0 Å². The molecule has 4 heteroatoms. The molecule has 0 fully saturated rings. The Morgan fingerprint density at radius 1 is 1.47 bits per heavy atom. The number of allylic oxidation sites excluding steroid dienone is 2. The SMILES string of the molecule is CN/C(=C\S)C[C@@H](O)OC[C@@H](C)CC=C(C)C. The minimum atomic E-state index is -0.769. The van der Waals surface area contributed by atoms with Gasteiger partial charge in [0.15, 0.2) is 6.29 Å². The van der Waals surface area contributed by atoms with Crippen LogP contribution in [0.4, 0.5) is 0 Å². The van der Waals surface area contributed by atoms with Crippen molar-refractivity contribution in [2.24, 2.45) is 5.92 Å². The predicted octanol–water partition coefficient (Wildman–Crippen LogP) is 2.69. The molecule has 0 spiro atoms. The zero-order valence-corrected chi connectivity index (χ0v) is 12.1. The maximum atomic E-state index is 9.66. The second-order valence-corrected chi connectivity index (χ2v) is 4.78. The topological polar surface area (TPSA) is 41.5 Å². The smallest absolute Gasteiger partial charge is 0.160 e. The van der Waals surface area contributed by atoms with Gasteiger partial charge in [-0.3, -0.25) is 0 Å². The highest BCUT2D eigenvalue weighted by Crippen LogP contribution is 2.10. The van der Waals surface area contributed by atoms with Crippen molar-refractivity contribution in [3.63, 3.8) is 0 Å². The summed E-state index contributed by atoms with van der Waals surface area (Å²) in [6.07, 6.45) is 2.84. The van der Waals surface area contributed by atoms with Gasteiger partial charge >= 0.3 is 0 Å². The number of aliphatic hydroxyl groups is 1. The Hall–Kier alpha value is -0.450. The molecule has 0 rings (SSSR count). The Kier molecular flexibility index (Phi) is 9.31. The van der Waals surface area contributed by atoms with E-state index in [1.54, 1.807) is 12.5 Å². The second kappa shape index (κ2) is 9.57. The van der Waals surface area contributed by atoms with Gasteiger partial charge in [-0.15, -0.1) is 12.6 Å². The predicted molar refractivity (Wildman–Crippen MR) is 75.9 cm³/mol. The summed E-state index contributed by atoms with van der Waals surface area (Å²) in [6.45, 7) is 6.84. The van der Waals surface area contributed by atoms with E-state index in [-0.39, 0.29) is 0 Å². The zero-order chi connectivity index (χ0) is 13.3. The fourth-order valence-electron chi connectivity index (χ4n) is 1.25. The normalized spacial score (nSPS) is 15.3. The molecule has 0 aliphatic heterocycles. The third-order valence-electron chi connectivity index (χ3n) is 2.37. The molecule has 2 atom stereocenters. The third kappa shape index (κ3) is 9.27. The number of rotatable bonds is 8. The van der Waals surface area contributed by atoms with Crippen molar-refractivity contribution in [3.8, 4) is 0 Å². The maximum Gasteiger partial charge on any atom is 0.160 e. The Labute approximate surface area is 110 Å². The minimum absolute atomic E-state index is 0.414. The van der Waals surface area contributed by atoms with Crippen molar-refractivity contribution < 1.29 is 9.84 Å². The number of hydrogen-bond acceptors (Lipinski definition) is 4. The largest absolute Gasteiger partial charge is 0.391 e. The van der Waals surface area contributed by atoms with Crippen LogP contribution in [-0.4, -0.2) is 25.1 Å². The monoisotopic (exact) mass is 259 g/mol. The van der Waals surface area contributed by atoms with E-state index in [9.17, 15) is 5.11 Å². The molecule has 0 saturated carbocycles. The molecule has 0 aromatic carbocycles. The number of ether oxygens (including phenoxy) is 1. The van der Waals surface area contributed by atoms with E-state index in [1.165, 1.54) is 5.57 Å². The number of nitrogens with one attached hydrogen (secondary N) is 1. The van der Waals surface area contributed by atoms with Gasteiger partial charge in [0.1, 0.15) is 0 Å². The van der Waals surface area contributed by atoms with Gasteiger partial charge in [-0.05, 0) is 31.6 Å². The van der Waals surface area contributed by atoms with E-state index in [4.69, 9.17) is 4.74 Å². The van der Waals surface area contributed by atoms with Crippen molar-refractivity contribution in [1.82, 2.24) is 5.32 Å². The lowest BCUT2D eigenvalue weighted by molar-refractivity contribution is -0.107. The first-order valence-electron chi connectivity index (χ1n) is 5.93. The molecule has 3 nitrogen and oxygen atoms in total. The summed E-state index contributed by atoms with van der Waals surface area (Å²) in [4.78, 5) is 0. The molecule has 0 amide bonds. The van der Waals surface area contributed by atoms with Gasteiger partial charge in [0.2, 0.25) is 0 Å². The van der Waals surface area contributed by atoms with E-state index in [2.05, 4.69) is 44.8 Å².